The summed E-state index contributed by atoms with van der Waals surface area (Å²) < 4.78 is 0. The quantitative estimate of drug-likeness (QED) is 0.776. The summed E-state index contributed by atoms with van der Waals surface area (Å²) in [7, 11) is 2.26. The van der Waals surface area contributed by atoms with Gasteiger partial charge in [-0.2, -0.15) is 0 Å². The second-order valence-corrected chi connectivity index (χ2v) is 7.79. The molecule has 1 saturated carbocycles. The molecule has 0 spiro atoms. The Morgan fingerprint density at radius 3 is 2.57 bits per heavy atom. The van der Waals surface area contributed by atoms with E-state index in [-0.39, 0.29) is 0 Å². The van der Waals surface area contributed by atoms with Crippen molar-refractivity contribution < 1.29 is 0 Å². The lowest BCUT2D eigenvalue weighted by Gasteiger charge is -2.37. The van der Waals surface area contributed by atoms with Crippen LogP contribution in [0.25, 0.3) is 0 Å². The third-order valence-electron chi connectivity index (χ3n) is 4.62. The van der Waals surface area contributed by atoms with Crippen molar-refractivity contribution in [2.45, 2.75) is 58.9 Å². The van der Waals surface area contributed by atoms with E-state index in [1.165, 1.54) is 62.3 Å². The monoisotopic (exact) mass is 309 g/mol. The summed E-state index contributed by atoms with van der Waals surface area (Å²) in [5.41, 5.74) is 1.69. The van der Waals surface area contributed by atoms with Gasteiger partial charge in [0.15, 0.2) is 0 Å². The molecular formula is C17H31N3S. The molecule has 1 fully saturated rings. The fraction of sp³-hybridized carbons (Fsp3) is 0.824. The van der Waals surface area contributed by atoms with Gasteiger partial charge in [-0.25, -0.2) is 4.98 Å². The van der Waals surface area contributed by atoms with Crippen LogP contribution in [0.3, 0.4) is 0 Å². The van der Waals surface area contributed by atoms with Gasteiger partial charge in [-0.15, -0.1) is 11.3 Å². The molecule has 0 aliphatic heterocycles. The molecule has 1 aliphatic rings. The third-order valence-corrected chi connectivity index (χ3v) is 5.44. The van der Waals surface area contributed by atoms with Gasteiger partial charge in [0.05, 0.1) is 10.7 Å². The lowest BCUT2D eigenvalue weighted by atomic mass is 9.79. The summed E-state index contributed by atoms with van der Waals surface area (Å²) in [5.74, 6) is 0. The molecule has 1 aliphatic carbocycles. The highest BCUT2D eigenvalue weighted by molar-refractivity contribution is 7.09. The Labute approximate surface area is 134 Å². The van der Waals surface area contributed by atoms with Crippen molar-refractivity contribution in [2.24, 2.45) is 5.41 Å². The summed E-state index contributed by atoms with van der Waals surface area (Å²) in [6, 6.07) is 0. The molecule has 1 heterocycles. The van der Waals surface area contributed by atoms with Gasteiger partial charge in [-0.3, -0.25) is 4.90 Å². The van der Waals surface area contributed by atoms with Gasteiger partial charge in [-0.1, -0.05) is 32.6 Å². The van der Waals surface area contributed by atoms with E-state index in [9.17, 15) is 0 Å². The highest BCUT2D eigenvalue weighted by atomic mass is 32.1. The zero-order chi connectivity index (χ0) is 15.1. The fourth-order valence-electron chi connectivity index (χ4n) is 3.65. The molecule has 0 radical (unpaired) electrons. The molecule has 0 unspecified atom stereocenters. The van der Waals surface area contributed by atoms with Crippen molar-refractivity contribution in [3.8, 4) is 0 Å². The zero-order valence-corrected chi connectivity index (χ0v) is 14.8. The van der Waals surface area contributed by atoms with Gasteiger partial charge in [0, 0.05) is 25.0 Å². The highest BCUT2D eigenvalue weighted by Gasteiger charge is 2.31. The largest absolute Gasteiger partial charge is 0.316 e. The Hall–Kier alpha value is -0.450. The van der Waals surface area contributed by atoms with Crippen LogP contribution in [-0.2, 0) is 6.54 Å². The van der Waals surface area contributed by atoms with Gasteiger partial charge in [0.25, 0.3) is 0 Å². The minimum Gasteiger partial charge on any atom is -0.316 e. The molecule has 0 saturated heterocycles. The SMILES string of the molecule is CCNCC1(CN(C)Cc2csc(C)n2)CCCCCC1. The predicted molar refractivity (Wildman–Crippen MR) is 91.9 cm³/mol. The average Bonchev–Trinajstić information content (AvgIpc) is 2.72. The Bertz CT molecular complexity index is 408. The molecule has 1 aromatic rings. The Morgan fingerprint density at radius 1 is 1.29 bits per heavy atom. The van der Waals surface area contributed by atoms with E-state index in [2.05, 4.69) is 41.5 Å². The van der Waals surface area contributed by atoms with Gasteiger partial charge in [0.1, 0.15) is 0 Å². The number of aryl methyl sites for hydroxylation is 1. The van der Waals surface area contributed by atoms with Crippen LogP contribution >= 0.6 is 11.3 Å². The lowest BCUT2D eigenvalue weighted by Crippen LogP contribution is -2.42. The van der Waals surface area contributed by atoms with Crippen molar-refractivity contribution in [1.29, 1.82) is 0 Å². The fourth-order valence-corrected chi connectivity index (χ4v) is 4.25. The summed E-state index contributed by atoms with van der Waals surface area (Å²) in [5, 5.41) is 7.00. The Balaban J connectivity index is 1.95. The van der Waals surface area contributed by atoms with Crippen LogP contribution in [0.4, 0.5) is 0 Å². The number of hydrogen-bond donors (Lipinski definition) is 1. The first-order valence-corrected chi connectivity index (χ1v) is 9.32. The van der Waals surface area contributed by atoms with Crippen LogP contribution in [0.15, 0.2) is 5.38 Å². The predicted octanol–water partition coefficient (Wildman–Crippen LogP) is 3.83. The van der Waals surface area contributed by atoms with Gasteiger partial charge >= 0.3 is 0 Å². The van der Waals surface area contributed by atoms with E-state index in [1.807, 2.05) is 0 Å². The van der Waals surface area contributed by atoms with Crippen molar-refractivity contribution in [1.82, 2.24) is 15.2 Å². The number of hydrogen-bond acceptors (Lipinski definition) is 4. The van der Waals surface area contributed by atoms with Crippen LogP contribution in [0, 0.1) is 12.3 Å². The van der Waals surface area contributed by atoms with Crippen molar-refractivity contribution in [3.63, 3.8) is 0 Å². The molecule has 0 bridgehead atoms. The summed E-state index contributed by atoms with van der Waals surface area (Å²) in [6.07, 6.45) is 8.39. The maximum atomic E-state index is 4.61. The second kappa shape index (κ2) is 8.25. The number of rotatable bonds is 7. The van der Waals surface area contributed by atoms with Crippen LogP contribution in [-0.4, -0.2) is 36.6 Å². The first-order valence-electron chi connectivity index (χ1n) is 8.44. The minimum atomic E-state index is 0.465. The third kappa shape index (κ3) is 5.35. The smallest absolute Gasteiger partial charge is 0.0897 e. The lowest BCUT2D eigenvalue weighted by molar-refractivity contribution is 0.142. The molecular weight excluding hydrogens is 278 g/mol. The molecule has 1 N–H and O–H groups in total. The number of nitrogens with zero attached hydrogens (tertiary/aromatic N) is 2. The molecule has 0 aromatic carbocycles. The first-order chi connectivity index (χ1) is 10.1. The summed E-state index contributed by atoms with van der Waals surface area (Å²) in [4.78, 5) is 7.09. The van der Waals surface area contributed by atoms with E-state index >= 15 is 0 Å². The molecule has 4 heteroatoms. The highest BCUT2D eigenvalue weighted by Crippen LogP contribution is 2.35. The van der Waals surface area contributed by atoms with Crippen molar-refractivity contribution in [3.05, 3.63) is 16.1 Å². The van der Waals surface area contributed by atoms with E-state index < -0.39 is 0 Å². The standard InChI is InChI=1S/C17H31N3S/c1-4-18-13-17(9-7-5-6-8-10-17)14-20(3)11-16-12-21-15(2)19-16/h12,18H,4-11,13-14H2,1-3H3. The second-order valence-electron chi connectivity index (χ2n) is 6.72. The molecule has 2 rings (SSSR count). The summed E-state index contributed by atoms with van der Waals surface area (Å²) >= 11 is 1.76. The average molecular weight is 310 g/mol. The maximum Gasteiger partial charge on any atom is 0.0897 e. The molecule has 1 aromatic heterocycles. The van der Waals surface area contributed by atoms with Gasteiger partial charge < -0.3 is 5.32 Å². The summed E-state index contributed by atoms with van der Waals surface area (Å²) in [6.45, 7) is 8.73. The molecule has 3 nitrogen and oxygen atoms in total. The number of nitrogens with one attached hydrogen (secondary N) is 1. The molecule has 0 amide bonds. The van der Waals surface area contributed by atoms with E-state index in [0.717, 1.165) is 13.1 Å². The van der Waals surface area contributed by atoms with Crippen LogP contribution in [0.1, 0.15) is 56.2 Å². The normalized spacial score (nSPS) is 18.9. The topological polar surface area (TPSA) is 28.2 Å². The Morgan fingerprint density at radius 2 is 2.00 bits per heavy atom. The van der Waals surface area contributed by atoms with Crippen LogP contribution < -0.4 is 5.32 Å². The van der Waals surface area contributed by atoms with Crippen molar-refractivity contribution >= 4 is 11.3 Å². The van der Waals surface area contributed by atoms with Crippen LogP contribution in [0.2, 0.25) is 0 Å². The van der Waals surface area contributed by atoms with Gasteiger partial charge in [0.2, 0.25) is 0 Å². The Kier molecular flexibility index (Phi) is 6.65. The van der Waals surface area contributed by atoms with Crippen molar-refractivity contribution in [2.75, 3.05) is 26.7 Å². The van der Waals surface area contributed by atoms with E-state index in [4.69, 9.17) is 0 Å². The number of aromatic nitrogens is 1. The van der Waals surface area contributed by atoms with Crippen LogP contribution in [0.5, 0.6) is 0 Å². The zero-order valence-electron chi connectivity index (χ0n) is 14.0. The van der Waals surface area contributed by atoms with E-state index in [1.54, 1.807) is 11.3 Å². The first kappa shape index (κ1) is 16.9. The van der Waals surface area contributed by atoms with Gasteiger partial charge in [-0.05, 0) is 38.8 Å². The molecule has 0 atom stereocenters. The molecule has 21 heavy (non-hydrogen) atoms. The maximum absolute atomic E-state index is 4.61. The number of thiazole rings is 1. The van der Waals surface area contributed by atoms with E-state index in [0.29, 0.717) is 5.41 Å². The minimum absolute atomic E-state index is 0.465. The molecule has 120 valence electrons.